The quantitative estimate of drug-likeness (QED) is 0.180. The van der Waals surface area contributed by atoms with Gasteiger partial charge in [-0.25, -0.2) is 0 Å². The molecule has 1 unspecified atom stereocenters. The van der Waals surface area contributed by atoms with Crippen molar-refractivity contribution >= 4 is 28.6 Å². The van der Waals surface area contributed by atoms with E-state index in [1.54, 1.807) is 36.4 Å². The lowest BCUT2D eigenvalue weighted by molar-refractivity contribution is -0.140. The first kappa shape index (κ1) is 32.8. The Morgan fingerprint density at radius 2 is 1.88 bits per heavy atom. The summed E-state index contributed by atoms with van der Waals surface area (Å²) in [6.45, 7) is 0.604. The number of hydrogen-bond donors (Lipinski definition) is 5. The van der Waals surface area contributed by atoms with Crippen LogP contribution in [0.25, 0.3) is 10.9 Å². The average molecular weight is 591 g/mol. The van der Waals surface area contributed by atoms with Gasteiger partial charge in [0.25, 0.3) is 0 Å². The van der Waals surface area contributed by atoms with E-state index in [2.05, 4.69) is 27.4 Å². The molecule has 9 nitrogen and oxygen atoms in total. The van der Waals surface area contributed by atoms with Crippen LogP contribution in [0.1, 0.15) is 28.9 Å². The predicted octanol–water partition coefficient (Wildman–Crippen LogP) is 3.33. The third kappa shape index (κ3) is 8.87. The standard InChI is InChI=1S/C29H33F3N4O4.CH4O/c1-40-28-14-20(17-37)7-8-26(28)33-11-3-4-22-15-24-25(5-2-6-27(24)36(22)19-29(30,31)32)34-21-9-12-35(13-10-21)16-23(39)18-38;1-2/h2,5-8,14-15,17,21,23,33-34,38-39H,9-13,16,18-19H2,1H3;2H,1H3. The maximum absolute atomic E-state index is 13.5. The van der Waals surface area contributed by atoms with Crippen LogP contribution in [0, 0.1) is 11.8 Å². The van der Waals surface area contributed by atoms with E-state index in [-0.39, 0.29) is 24.9 Å². The fraction of sp³-hybridized carbons (Fsp3) is 0.433. The molecule has 0 spiro atoms. The highest BCUT2D eigenvalue weighted by atomic mass is 19.4. The highest BCUT2D eigenvalue weighted by Crippen LogP contribution is 2.31. The van der Waals surface area contributed by atoms with Crippen LogP contribution in [0.15, 0.2) is 42.5 Å². The van der Waals surface area contributed by atoms with Crippen molar-refractivity contribution in [3.63, 3.8) is 0 Å². The van der Waals surface area contributed by atoms with E-state index in [0.29, 0.717) is 40.7 Å². The minimum atomic E-state index is -4.43. The van der Waals surface area contributed by atoms with Gasteiger partial charge in [0.05, 0.1) is 43.3 Å². The summed E-state index contributed by atoms with van der Waals surface area (Å²) >= 11 is 0. The number of fused-ring (bicyclic) bond motifs is 1. The Labute approximate surface area is 242 Å². The van der Waals surface area contributed by atoms with E-state index in [1.807, 2.05) is 6.07 Å². The van der Waals surface area contributed by atoms with Crippen LogP contribution in [0.4, 0.5) is 24.5 Å². The molecule has 42 heavy (non-hydrogen) atoms. The molecule has 1 fully saturated rings. The Morgan fingerprint density at radius 1 is 1.14 bits per heavy atom. The molecular weight excluding hydrogens is 553 g/mol. The average Bonchev–Trinajstić information content (AvgIpc) is 3.33. The fourth-order valence-corrected chi connectivity index (χ4v) is 4.90. The molecule has 1 aromatic heterocycles. The Kier molecular flexibility index (Phi) is 12.1. The van der Waals surface area contributed by atoms with E-state index in [9.17, 15) is 23.1 Å². The number of aliphatic hydroxyl groups excluding tert-OH is 3. The summed E-state index contributed by atoms with van der Waals surface area (Å²) in [5.41, 5.74) is 2.50. The first-order valence-corrected chi connectivity index (χ1v) is 13.5. The van der Waals surface area contributed by atoms with Crippen LogP contribution in [0.3, 0.4) is 0 Å². The van der Waals surface area contributed by atoms with Gasteiger partial charge >= 0.3 is 6.18 Å². The summed E-state index contributed by atoms with van der Waals surface area (Å²) in [5.74, 6) is 6.26. The Morgan fingerprint density at radius 3 is 2.52 bits per heavy atom. The van der Waals surface area contributed by atoms with Crippen molar-refractivity contribution in [3.05, 3.63) is 53.7 Å². The van der Waals surface area contributed by atoms with Crippen LogP contribution < -0.4 is 15.4 Å². The molecule has 1 aliphatic heterocycles. The Bertz CT molecular complexity index is 1370. The second-order valence-corrected chi connectivity index (χ2v) is 9.76. The number of carbonyl (C=O) groups excluding carboxylic acids is 1. The summed E-state index contributed by atoms with van der Waals surface area (Å²) < 4.78 is 47.1. The zero-order valence-corrected chi connectivity index (χ0v) is 23.6. The van der Waals surface area contributed by atoms with E-state index in [1.165, 1.54) is 11.7 Å². The number of ether oxygens (including phenoxy) is 1. The number of rotatable bonds is 10. The number of nitrogens with zero attached hydrogens (tertiary/aromatic N) is 2. The van der Waals surface area contributed by atoms with Gasteiger partial charge in [0.1, 0.15) is 18.6 Å². The second-order valence-electron chi connectivity index (χ2n) is 9.76. The number of halogens is 3. The van der Waals surface area contributed by atoms with Crippen molar-refractivity contribution in [3.8, 4) is 17.6 Å². The number of aldehydes is 1. The smallest absolute Gasteiger partial charge is 0.406 e. The minimum absolute atomic E-state index is 0.124. The molecule has 0 saturated carbocycles. The number of β-amino-alcohol motifs (C(OH)–C–C–N with tert-alkyl or cyclic N) is 1. The van der Waals surface area contributed by atoms with Crippen molar-refractivity contribution < 1.29 is 38.0 Å². The van der Waals surface area contributed by atoms with Crippen LogP contribution in [0.2, 0.25) is 0 Å². The van der Waals surface area contributed by atoms with Gasteiger partial charge in [-0.2, -0.15) is 13.2 Å². The molecule has 1 atom stereocenters. The lowest BCUT2D eigenvalue weighted by Gasteiger charge is -2.33. The molecular formula is C30H37F3N4O5. The maximum atomic E-state index is 13.5. The van der Waals surface area contributed by atoms with Crippen molar-refractivity contribution in [2.24, 2.45) is 0 Å². The Hall–Kier alpha value is -3.76. The first-order valence-electron chi connectivity index (χ1n) is 13.5. The van der Waals surface area contributed by atoms with Crippen molar-refractivity contribution in [2.45, 2.75) is 37.7 Å². The Balaban J connectivity index is 0.00000237. The van der Waals surface area contributed by atoms with Gasteiger partial charge in [-0.3, -0.25) is 4.79 Å². The van der Waals surface area contributed by atoms with Gasteiger partial charge in [-0.05, 0) is 55.2 Å². The highest BCUT2D eigenvalue weighted by molar-refractivity contribution is 5.94. The normalized spacial score (nSPS) is 14.8. The molecule has 0 bridgehead atoms. The van der Waals surface area contributed by atoms with Crippen molar-refractivity contribution in [2.75, 3.05) is 57.6 Å². The van der Waals surface area contributed by atoms with Crippen LogP contribution in [0.5, 0.6) is 5.75 Å². The maximum Gasteiger partial charge on any atom is 0.406 e. The number of carbonyl (C=O) groups is 1. The molecule has 0 radical (unpaired) electrons. The van der Waals surface area contributed by atoms with E-state index in [4.69, 9.17) is 14.9 Å². The monoisotopic (exact) mass is 590 g/mol. The van der Waals surface area contributed by atoms with Crippen LogP contribution >= 0.6 is 0 Å². The number of aromatic nitrogens is 1. The topological polar surface area (TPSA) is 119 Å². The van der Waals surface area contributed by atoms with Crippen molar-refractivity contribution in [1.29, 1.82) is 0 Å². The molecule has 1 saturated heterocycles. The zero-order valence-electron chi connectivity index (χ0n) is 23.6. The molecule has 12 heteroatoms. The number of likely N-dealkylation sites (tertiary alicyclic amines) is 1. The van der Waals surface area contributed by atoms with Crippen LogP contribution in [-0.4, -0.2) is 96.4 Å². The molecule has 0 aliphatic carbocycles. The summed E-state index contributed by atoms with van der Waals surface area (Å²) in [6, 6.07) is 12.0. The predicted molar refractivity (Wildman–Crippen MR) is 156 cm³/mol. The number of piperidine rings is 1. The lowest BCUT2D eigenvalue weighted by atomic mass is 10.0. The van der Waals surface area contributed by atoms with Gasteiger partial charge in [0.2, 0.25) is 0 Å². The molecule has 2 aromatic carbocycles. The largest absolute Gasteiger partial charge is 0.495 e. The molecule has 3 aromatic rings. The second kappa shape index (κ2) is 15.5. The number of anilines is 2. The number of aliphatic hydroxyl groups is 3. The number of alkyl halides is 3. The van der Waals surface area contributed by atoms with E-state index in [0.717, 1.165) is 38.7 Å². The summed E-state index contributed by atoms with van der Waals surface area (Å²) in [7, 11) is 2.48. The number of hydrogen-bond acceptors (Lipinski definition) is 8. The molecule has 1 aliphatic rings. The molecule has 4 rings (SSSR count). The minimum Gasteiger partial charge on any atom is -0.495 e. The lowest BCUT2D eigenvalue weighted by Crippen LogP contribution is -2.43. The molecule has 2 heterocycles. The third-order valence-electron chi connectivity index (χ3n) is 6.86. The fourth-order valence-electron chi connectivity index (χ4n) is 4.90. The van der Waals surface area contributed by atoms with Crippen molar-refractivity contribution in [1.82, 2.24) is 9.47 Å². The first-order chi connectivity index (χ1) is 20.2. The van der Waals surface area contributed by atoms with Gasteiger partial charge in [-0.1, -0.05) is 12.0 Å². The van der Waals surface area contributed by atoms with Crippen LogP contribution in [-0.2, 0) is 6.54 Å². The zero-order chi connectivity index (χ0) is 30.7. The molecule has 228 valence electrons. The molecule has 5 N–H and O–H groups in total. The van der Waals surface area contributed by atoms with E-state index >= 15 is 0 Å². The van der Waals surface area contributed by atoms with Gasteiger partial charge < -0.3 is 40.2 Å². The number of benzene rings is 2. The number of nitrogens with one attached hydrogen (secondary N) is 2. The number of methoxy groups -OCH3 is 1. The van der Waals surface area contributed by atoms with Gasteiger partial charge in [0.15, 0.2) is 0 Å². The summed E-state index contributed by atoms with van der Waals surface area (Å²) in [4.78, 5) is 13.1. The van der Waals surface area contributed by atoms with E-state index < -0.39 is 18.8 Å². The van der Waals surface area contributed by atoms with Gasteiger partial charge in [-0.15, -0.1) is 0 Å². The third-order valence-corrected chi connectivity index (χ3v) is 6.86. The molecule has 0 amide bonds. The highest BCUT2D eigenvalue weighted by Gasteiger charge is 2.30. The van der Waals surface area contributed by atoms with Gasteiger partial charge in [0, 0.05) is 49.4 Å². The summed E-state index contributed by atoms with van der Waals surface area (Å²) in [6.07, 6.45) is -2.89. The SMILES string of the molecule is CO.COc1cc(C=O)ccc1NCC#Cc1cc2c(NC3CCN(CC(O)CO)CC3)cccc2n1CC(F)(F)F. The summed E-state index contributed by atoms with van der Waals surface area (Å²) in [5, 5.41) is 33.0.